The summed E-state index contributed by atoms with van der Waals surface area (Å²) >= 11 is 0. The van der Waals surface area contributed by atoms with Gasteiger partial charge in [-0.25, -0.2) is 0 Å². The highest BCUT2D eigenvalue weighted by molar-refractivity contribution is 5.92. The lowest BCUT2D eigenvalue weighted by atomic mass is 10.0. The molecule has 1 saturated heterocycles. The third-order valence-corrected chi connectivity index (χ3v) is 5.01. The molecule has 2 aromatic rings. The Morgan fingerprint density at radius 1 is 1.25 bits per heavy atom. The summed E-state index contributed by atoms with van der Waals surface area (Å²) in [5.41, 5.74) is 1.85. The van der Waals surface area contributed by atoms with Crippen molar-refractivity contribution in [2.45, 2.75) is 37.8 Å². The molecule has 1 amide bonds. The number of rotatable bonds is 6. The van der Waals surface area contributed by atoms with Crippen molar-refractivity contribution in [1.82, 2.24) is 14.9 Å². The third kappa shape index (κ3) is 3.36. The Labute approximate surface area is 142 Å². The number of aromatic amines is 1. The van der Waals surface area contributed by atoms with Crippen LogP contribution in [0.4, 0.5) is 0 Å². The topological polar surface area (TPSA) is 58.2 Å². The monoisotopic (exact) mass is 325 g/mol. The lowest BCUT2D eigenvalue weighted by Crippen LogP contribution is -2.42. The first-order chi connectivity index (χ1) is 11.8. The van der Waals surface area contributed by atoms with Crippen LogP contribution in [0.2, 0.25) is 0 Å². The van der Waals surface area contributed by atoms with Crippen molar-refractivity contribution in [3.63, 3.8) is 0 Å². The zero-order chi connectivity index (χ0) is 16.4. The molecule has 0 aromatic carbocycles. The lowest BCUT2D eigenvalue weighted by Gasteiger charge is -2.28. The van der Waals surface area contributed by atoms with E-state index in [-0.39, 0.29) is 18.1 Å². The summed E-state index contributed by atoms with van der Waals surface area (Å²) in [6, 6.07) is 7.83. The predicted molar refractivity (Wildman–Crippen MR) is 90.6 cm³/mol. The number of hydrogen-bond acceptors (Lipinski definition) is 3. The Kier molecular flexibility index (Phi) is 4.34. The number of likely N-dealkylation sites (tertiary alicyclic amines) is 1. The average molecular weight is 325 g/mol. The van der Waals surface area contributed by atoms with Gasteiger partial charge in [0.25, 0.3) is 5.91 Å². The Balaban J connectivity index is 1.51. The predicted octanol–water partition coefficient (Wildman–Crippen LogP) is 2.66. The highest BCUT2D eigenvalue weighted by Gasteiger charge is 2.39. The molecule has 0 spiro atoms. The lowest BCUT2D eigenvalue weighted by molar-refractivity contribution is 0.0199. The Hall–Kier alpha value is -2.14. The van der Waals surface area contributed by atoms with Gasteiger partial charge in [0.1, 0.15) is 5.69 Å². The van der Waals surface area contributed by atoms with Gasteiger partial charge in [-0.2, -0.15) is 0 Å². The van der Waals surface area contributed by atoms with Crippen LogP contribution < -0.4 is 0 Å². The molecule has 5 nitrogen and oxygen atoms in total. The maximum absolute atomic E-state index is 12.8. The van der Waals surface area contributed by atoms with Crippen LogP contribution in [0.5, 0.6) is 0 Å². The molecular formula is C19H23N3O2. The van der Waals surface area contributed by atoms with E-state index in [1.54, 1.807) is 6.20 Å². The summed E-state index contributed by atoms with van der Waals surface area (Å²) < 4.78 is 6.19. The summed E-state index contributed by atoms with van der Waals surface area (Å²) in [6.45, 7) is 1.59. The van der Waals surface area contributed by atoms with Crippen molar-refractivity contribution >= 4 is 5.91 Å². The van der Waals surface area contributed by atoms with Gasteiger partial charge >= 0.3 is 0 Å². The molecular weight excluding hydrogens is 302 g/mol. The fourth-order valence-electron chi connectivity index (χ4n) is 3.44. The minimum Gasteiger partial charge on any atom is -0.376 e. The first-order valence-corrected chi connectivity index (χ1v) is 8.76. The van der Waals surface area contributed by atoms with Crippen LogP contribution in [0.25, 0.3) is 0 Å². The van der Waals surface area contributed by atoms with Gasteiger partial charge in [-0.1, -0.05) is 0 Å². The Morgan fingerprint density at radius 2 is 2.08 bits per heavy atom. The Bertz CT molecular complexity index is 667. The van der Waals surface area contributed by atoms with Crippen molar-refractivity contribution in [3.8, 4) is 0 Å². The maximum Gasteiger partial charge on any atom is 0.270 e. The zero-order valence-electron chi connectivity index (χ0n) is 13.7. The Morgan fingerprint density at radius 3 is 2.79 bits per heavy atom. The molecule has 2 aliphatic rings. The number of carbonyl (C=O) groups excluding carboxylic acids is 1. The third-order valence-electron chi connectivity index (χ3n) is 5.01. The maximum atomic E-state index is 12.8. The molecule has 2 aromatic heterocycles. The molecule has 1 N–H and O–H groups in total. The number of nitrogens with zero attached hydrogens (tertiary/aromatic N) is 2. The van der Waals surface area contributed by atoms with Crippen LogP contribution in [-0.4, -0.2) is 46.1 Å². The van der Waals surface area contributed by atoms with Gasteiger partial charge in [0, 0.05) is 31.7 Å². The molecule has 4 rings (SSSR count). The van der Waals surface area contributed by atoms with Crippen LogP contribution >= 0.6 is 0 Å². The smallest absolute Gasteiger partial charge is 0.270 e. The number of ether oxygens (including phenoxy) is 1. The molecule has 0 bridgehead atoms. The second kappa shape index (κ2) is 6.77. The van der Waals surface area contributed by atoms with E-state index in [1.807, 2.05) is 41.6 Å². The molecule has 1 aliphatic heterocycles. The SMILES string of the molecule is O=C(c1ccc[nH]1)N1CC[C@H](OCC2CC2)[C@@H]1Cc1ccncc1. The summed E-state index contributed by atoms with van der Waals surface area (Å²) in [5, 5.41) is 0. The largest absolute Gasteiger partial charge is 0.376 e. The fraction of sp³-hybridized carbons (Fsp3) is 0.474. The number of H-pyrrole nitrogens is 1. The van der Waals surface area contributed by atoms with Crippen molar-refractivity contribution in [2.75, 3.05) is 13.2 Å². The van der Waals surface area contributed by atoms with Crippen LogP contribution in [-0.2, 0) is 11.2 Å². The van der Waals surface area contributed by atoms with Gasteiger partial charge in [-0.05, 0) is 61.4 Å². The van der Waals surface area contributed by atoms with Crippen LogP contribution in [0.1, 0.15) is 35.3 Å². The summed E-state index contributed by atoms with van der Waals surface area (Å²) in [7, 11) is 0. The van der Waals surface area contributed by atoms with E-state index in [4.69, 9.17) is 4.74 Å². The standard InChI is InChI=1S/C19H23N3O2/c23-19(16-2-1-8-21-16)22-11-7-18(24-13-15-3-4-15)17(22)12-14-5-9-20-10-6-14/h1-2,5-6,8-10,15,17-18,21H,3-4,7,11-13H2/t17-,18-/m0/s1. The average Bonchev–Trinajstić information content (AvgIpc) is 3.12. The van der Waals surface area contributed by atoms with Gasteiger partial charge < -0.3 is 14.6 Å². The second-order valence-corrected chi connectivity index (χ2v) is 6.81. The first-order valence-electron chi connectivity index (χ1n) is 8.76. The van der Waals surface area contributed by atoms with E-state index >= 15 is 0 Å². The summed E-state index contributed by atoms with van der Waals surface area (Å²) in [6.07, 6.45) is 9.82. The van der Waals surface area contributed by atoms with Crippen molar-refractivity contribution < 1.29 is 9.53 Å². The molecule has 0 unspecified atom stereocenters. The number of aromatic nitrogens is 2. The van der Waals surface area contributed by atoms with Gasteiger partial charge in [0.2, 0.25) is 0 Å². The normalized spacial score (nSPS) is 23.6. The molecule has 1 aliphatic carbocycles. The molecule has 2 fully saturated rings. The van der Waals surface area contributed by atoms with E-state index in [1.165, 1.54) is 18.4 Å². The highest BCUT2D eigenvalue weighted by atomic mass is 16.5. The number of pyridine rings is 1. The summed E-state index contributed by atoms with van der Waals surface area (Å²) in [4.78, 5) is 21.9. The van der Waals surface area contributed by atoms with Gasteiger partial charge in [0.05, 0.1) is 12.1 Å². The van der Waals surface area contributed by atoms with E-state index in [9.17, 15) is 4.79 Å². The molecule has 0 radical (unpaired) electrons. The first kappa shape index (κ1) is 15.4. The molecule has 1 saturated carbocycles. The number of hydrogen-bond donors (Lipinski definition) is 1. The molecule has 3 heterocycles. The fourth-order valence-corrected chi connectivity index (χ4v) is 3.44. The second-order valence-electron chi connectivity index (χ2n) is 6.81. The van der Waals surface area contributed by atoms with Crippen LogP contribution in [0.15, 0.2) is 42.9 Å². The van der Waals surface area contributed by atoms with E-state index < -0.39 is 0 Å². The minimum atomic E-state index is 0.0663. The van der Waals surface area contributed by atoms with Crippen molar-refractivity contribution in [3.05, 3.63) is 54.1 Å². The number of carbonyl (C=O) groups is 1. The van der Waals surface area contributed by atoms with E-state index in [0.29, 0.717) is 5.69 Å². The van der Waals surface area contributed by atoms with Gasteiger partial charge in [-0.3, -0.25) is 9.78 Å². The molecule has 126 valence electrons. The van der Waals surface area contributed by atoms with E-state index in [0.717, 1.165) is 31.9 Å². The van der Waals surface area contributed by atoms with Crippen molar-refractivity contribution in [1.29, 1.82) is 0 Å². The minimum absolute atomic E-state index is 0.0663. The number of amides is 1. The number of nitrogens with one attached hydrogen (secondary N) is 1. The molecule has 2 atom stereocenters. The van der Waals surface area contributed by atoms with Crippen LogP contribution in [0.3, 0.4) is 0 Å². The highest BCUT2D eigenvalue weighted by Crippen LogP contribution is 2.32. The van der Waals surface area contributed by atoms with E-state index in [2.05, 4.69) is 9.97 Å². The molecule has 5 heteroatoms. The molecule has 24 heavy (non-hydrogen) atoms. The quantitative estimate of drug-likeness (QED) is 0.888. The van der Waals surface area contributed by atoms with Crippen LogP contribution in [0, 0.1) is 5.92 Å². The van der Waals surface area contributed by atoms with Gasteiger partial charge in [-0.15, -0.1) is 0 Å². The van der Waals surface area contributed by atoms with Gasteiger partial charge in [0.15, 0.2) is 0 Å². The van der Waals surface area contributed by atoms with Crippen molar-refractivity contribution in [2.24, 2.45) is 5.92 Å². The zero-order valence-corrected chi connectivity index (χ0v) is 13.7. The summed E-state index contributed by atoms with van der Waals surface area (Å²) in [5.74, 6) is 0.802.